The maximum atomic E-state index is 12.7. The van der Waals surface area contributed by atoms with E-state index in [0.717, 1.165) is 6.07 Å². The summed E-state index contributed by atoms with van der Waals surface area (Å²) in [6.07, 6.45) is -3.77. The topological polar surface area (TPSA) is 55.1 Å². The Morgan fingerprint density at radius 3 is 2.63 bits per heavy atom. The van der Waals surface area contributed by atoms with Gasteiger partial charge in [-0.1, -0.05) is 22.9 Å². The van der Waals surface area contributed by atoms with Crippen molar-refractivity contribution in [3.63, 3.8) is 0 Å². The fourth-order valence-electron chi connectivity index (χ4n) is 1.41. The highest BCUT2D eigenvalue weighted by molar-refractivity contribution is 9.10. The number of amides is 1. The Labute approximate surface area is 117 Å². The van der Waals surface area contributed by atoms with Crippen LogP contribution < -0.4 is 11.1 Å². The number of hydrogen-bond donors (Lipinski definition) is 2. The maximum Gasteiger partial charge on any atom is 0.417 e. The molecule has 3 N–H and O–H groups in total. The van der Waals surface area contributed by atoms with Gasteiger partial charge in [0.1, 0.15) is 0 Å². The molecule has 1 aromatic rings. The van der Waals surface area contributed by atoms with Crippen LogP contribution in [0.4, 0.5) is 18.9 Å². The minimum absolute atomic E-state index is 0.0664. The van der Waals surface area contributed by atoms with Gasteiger partial charge in [0, 0.05) is 22.6 Å². The molecule has 1 unspecified atom stereocenters. The average molecular weight is 339 g/mol. The third kappa shape index (κ3) is 4.83. The standard InChI is InChI=1S/C12H14BrF3N2O/c1-2-7(17)5-11(19)18-8-3-4-10(13)9(6-8)12(14,15)16/h3-4,6-7H,2,5,17H2,1H3,(H,18,19). The Kier molecular flexibility index (Phi) is 5.37. The molecule has 19 heavy (non-hydrogen) atoms. The van der Waals surface area contributed by atoms with Gasteiger partial charge in [-0.2, -0.15) is 13.2 Å². The van der Waals surface area contributed by atoms with Crippen LogP contribution in [0.3, 0.4) is 0 Å². The zero-order valence-electron chi connectivity index (χ0n) is 10.2. The van der Waals surface area contributed by atoms with Crippen molar-refractivity contribution in [3.05, 3.63) is 28.2 Å². The van der Waals surface area contributed by atoms with Crippen LogP contribution in [-0.2, 0) is 11.0 Å². The average Bonchev–Trinajstić information content (AvgIpc) is 2.29. The minimum Gasteiger partial charge on any atom is -0.327 e. The largest absolute Gasteiger partial charge is 0.417 e. The molecule has 1 amide bonds. The summed E-state index contributed by atoms with van der Waals surface area (Å²) in [6, 6.07) is 3.24. The van der Waals surface area contributed by atoms with Crippen molar-refractivity contribution in [2.75, 3.05) is 5.32 Å². The second kappa shape index (κ2) is 6.38. The van der Waals surface area contributed by atoms with E-state index >= 15 is 0 Å². The Balaban J connectivity index is 2.83. The molecule has 0 fully saturated rings. The Bertz CT molecular complexity index is 463. The molecule has 0 radical (unpaired) electrons. The van der Waals surface area contributed by atoms with E-state index < -0.39 is 17.6 Å². The number of nitrogens with one attached hydrogen (secondary N) is 1. The van der Waals surface area contributed by atoms with Gasteiger partial charge >= 0.3 is 6.18 Å². The van der Waals surface area contributed by atoms with E-state index in [0.29, 0.717) is 6.42 Å². The number of rotatable bonds is 4. The van der Waals surface area contributed by atoms with Crippen LogP contribution in [0.15, 0.2) is 22.7 Å². The summed E-state index contributed by atoms with van der Waals surface area (Å²) in [5.74, 6) is -0.398. The third-order valence-corrected chi connectivity index (χ3v) is 3.22. The molecule has 0 aliphatic rings. The number of benzene rings is 1. The molecular formula is C12H14BrF3N2O. The zero-order valence-corrected chi connectivity index (χ0v) is 11.8. The summed E-state index contributed by atoms with van der Waals surface area (Å²) in [5, 5.41) is 2.41. The molecule has 0 bridgehead atoms. The number of anilines is 1. The lowest BCUT2D eigenvalue weighted by Crippen LogP contribution is -2.26. The van der Waals surface area contributed by atoms with Gasteiger partial charge in [-0.25, -0.2) is 0 Å². The van der Waals surface area contributed by atoms with Crippen molar-refractivity contribution < 1.29 is 18.0 Å². The fourth-order valence-corrected chi connectivity index (χ4v) is 1.89. The van der Waals surface area contributed by atoms with Crippen LogP contribution in [-0.4, -0.2) is 11.9 Å². The monoisotopic (exact) mass is 338 g/mol. The van der Waals surface area contributed by atoms with Crippen LogP contribution in [0.2, 0.25) is 0 Å². The molecular weight excluding hydrogens is 325 g/mol. The lowest BCUT2D eigenvalue weighted by atomic mass is 10.1. The van der Waals surface area contributed by atoms with Gasteiger partial charge in [0.2, 0.25) is 5.91 Å². The molecule has 0 aliphatic heterocycles. The third-order valence-electron chi connectivity index (χ3n) is 2.53. The van der Waals surface area contributed by atoms with E-state index in [1.807, 2.05) is 6.92 Å². The summed E-state index contributed by atoms with van der Waals surface area (Å²) in [5.41, 5.74) is 4.87. The van der Waals surface area contributed by atoms with Crippen molar-refractivity contribution in [3.8, 4) is 0 Å². The molecule has 0 spiro atoms. The minimum atomic E-state index is -4.47. The van der Waals surface area contributed by atoms with Gasteiger partial charge in [0.15, 0.2) is 0 Å². The number of halogens is 4. The Morgan fingerprint density at radius 1 is 1.47 bits per heavy atom. The van der Waals surface area contributed by atoms with E-state index in [1.54, 1.807) is 0 Å². The summed E-state index contributed by atoms with van der Waals surface area (Å²) in [6.45, 7) is 1.83. The van der Waals surface area contributed by atoms with Crippen molar-refractivity contribution in [1.82, 2.24) is 0 Å². The van der Waals surface area contributed by atoms with Crippen molar-refractivity contribution in [1.29, 1.82) is 0 Å². The smallest absolute Gasteiger partial charge is 0.327 e. The fraction of sp³-hybridized carbons (Fsp3) is 0.417. The molecule has 3 nitrogen and oxygen atoms in total. The molecule has 0 saturated carbocycles. The number of carbonyl (C=O) groups is 1. The van der Waals surface area contributed by atoms with Crippen LogP contribution in [0.25, 0.3) is 0 Å². The van der Waals surface area contributed by atoms with E-state index in [-0.39, 0.29) is 22.6 Å². The van der Waals surface area contributed by atoms with Gasteiger partial charge in [-0.05, 0) is 24.6 Å². The summed E-state index contributed by atoms with van der Waals surface area (Å²) in [4.78, 5) is 11.5. The number of nitrogens with two attached hydrogens (primary N) is 1. The predicted octanol–water partition coefficient (Wildman–Crippen LogP) is 3.53. The van der Waals surface area contributed by atoms with Crippen LogP contribution in [0.1, 0.15) is 25.3 Å². The molecule has 0 aromatic heterocycles. The lowest BCUT2D eigenvalue weighted by molar-refractivity contribution is -0.138. The van der Waals surface area contributed by atoms with Gasteiger partial charge in [-0.3, -0.25) is 4.79 Å². The number of alkyl halides is 3. The van der Waals surface area contributed by atoms with Gasteiger partial charge in [-0.15, -0.1) is 0 Å². The summed E-state index contributed by atoms with van der Waals surface area (Å²) >= 11 is 2.83. The number of hydrogen-bond acceptors (Lipinski definition) is 2. The summed E-state index contributed by atoms with van der Waals surface area (Å²) in [7, 11) is 0. The highest BCUT2D eigenvalue weighted by Crippen LogP contribution is 2.36. The maximum absolute atomic E-state index is 12.7. The number of carbonyl (C=O) groups excluding carboxylic acids is 1. The first-order valence-electron chi connectivity index (χ1n) is 5.66. The van der Waals surface area contributed by atoms with E-state index in [2.05, 4.69) is 21.2 Å². The zero-order chi connectivity index (χ0) is 14.6. The van der Waals surface area contributed by atoms with Crippen LogP contribution >= 0.6 is 15.9 Å². The van der Waals surface area contributed by atoms with Crippen molar-refractivity contribution in [2.24, 2.45) is 5.73 Å². The highest BCUT2D eigenvalue weighted by Gasteiger charge is 2.33. The second-order valence-electron chi connectivity index (χ2n) is 4.11. The van der Waals surface area contributed by atoms with Crippen LogP contribution in [0.5, 0.6) is 0 Å². The van der Waals surface area contributed by atoms with Crippen LogP contribution in [0, 0.1) is 0 Å². The van der Waals surface area contributed by atoms with Gasteiger partial charge < -0.3 is 11.1 Å². The molecule has 0 aliphatic carbocycles. The molecule has 1 rings (SSSR count). The molecule has 1 aromatic carbocycles. The molecule has 106 valence electrons. The first kappa shape index (κ1) is 16.0. The SMILES string of the molecule is CCC(N)CC(=O)Nc1ccc(Br)c(C(F)(F)F)c1. The molecule has 0 heterocycles. The van der Waals surface area contributed by atoms with Gasteiger partial charge in [0.25, 0.3) is 0 Å². The van der Waals surface area contributed by atoms with E-state index in [4.69, 9.17) is 5.73 Å². The first-order chi connectivity index (χ1) is 8.74. The van der Waals surface area contributed by atoms with Crippen molar-refractivity contribution >= 4 is 27.5 Å². The summed E-state index contributed by atoms with van der Waals surface area (Å²) < 4.78 is 37.9. The Morgan fingerprint density at radius 2 is 2.11 bits per heavy atom. The highest BCUT2D eigenvalue weighted by atomic mass is 79.9. The first-order valence-corrected chi connectivity index (χ1v) is 6.45. The Hall–Kier alpha value is -1.08. The predicted molar refractivity (Wildman–Crippen MR) is 70.7 cm³/mol. The van der Waals surface area contributed by atoms with Crippen molar-refractivity contribution in [2.45, 2.75) is 32.0 Å². The second-order valence-corrected chi connectivity index (χ2v) is 4.97. The quantitative estimate of drug-likeness (QED) is 0.882. The lowest BCUT2D eigenvalue weighted by Gasteiger charge is -2.13. The van der Waals surface area contributed by atoms with Gasteiger partial charge in [0.05, 0.1) is 5.56 Å². The van der Waals surface area contributed by atoms with E-state index in [1.165, 1.54) is 12.1 Å². The van der Waals surface area contributed by atoms with E-state index in [9.17, 15) is 18.0 Å². The molecule has 7 heteroatoms. The molecule has 0 saturated heterocycles. The normalized spacial score (nSPS) is 13.2. The molecule has 1 atom stereocenters.